The van der Waals surface area contributed by atoms with Gasteiger partial charge in [0, 0.05) is 9.75 Å². The molecule has 130 valence electrons. The highest BCUT2D eigenvalue weighted by molar-refractivity contribution is 7.14. The van der Waals surface area contributed by atoms with Gasteiger partial charge in [-0.3, -0.25) is 0 Å². The van der Waals surface area contributed by atoms with Gasteiger partial charge in [0.05, 0.1) is 0 Å². The summed E-state index contributed by atoms with van der Waals surface area (Å²) in [6.07, 6.45) is 0. The molecule has 6 heteroatoms. The summed E-state index contributed by atoms with van der Waals surface area (Å²) in [7, 11) is 0. The van der Waals surface area contributed by atoms with Crippen molar-refractivity contribution in [3.63, 3.8) is 0 Å². The average molecular weight is 367 g/mol. The lowest BCUT2D eigenvalue weighted by molar-refractivity contribution is -0.187. The second-order valence-corrected chi connectivity index (χ2v) is 9.74. The molecule has 0 aliphatic heterocycles. The summed E-state index contributed by atoms with van der Waals surface area (Å²) >= 11 is 2.68. The smallest absolute Gasteiger partial charge is 0.241 e. The van der Waals surface area contributed by atoms with Crippen molar-refractivity contribution in [2.45, 2.75) is 52.4 Å². The van der Waals surface area contributed by atoms with Crippen LogP contribution in [0.2, 0.25) is 0 Å². The second-order valence-electron chi connectivity index (χ2n) is 7.57. The zero-order valence-electron chi connectivity index (χ0n) is 14.8. The Balaban J connectivity index is 1.97. The van der Waals surface area contributed by atoms with Gasteiger partial charge in [-0.1, -0.05) is 41.5 Å². The molecule has 2 aromatic rings. The van der Waals surface area contributed by atoms with Crippen LogP contribution in [-0.2, 0) is 20.6 Å². The molecule has 0 aliphatic carbocycles. The van der Waals surface area contributed by atoms with E-state index in [0.717, 1.165) is 9.75 Å². The molecule has 2 heterocycles. The minimum Gasteiger partial charge on any atom is -0.241 e. The Morgan fingerprint density at radius 2 is 1.04 bits per heavy atom. The molecule has 0 radical (unpaired) electrons. The van der Waals surface area contributed by atoms with Crippen LogP contribution in [0.25, 0.3) is 0 Å². The number of rotatable bonds is 2. The molecule has 0 amide bonds. The third kappa shape index (κ3) is 4.45. The first kappa shape index (κ1) is 18.7. The Bertz CT molecular complexity index is 677. The molecule has 0 aromatic carbocycles. The highest BCUT2D eigenvalue weighted by Crippen LogP contribution is 2.31. The summed E-state index contributed by atoms with van der Waals surface area (Å²) in [6.45, 7) is 12.4. The van der Waals surface area contributed by atoms with Crippen LogP contribution in [0.5, 0.6) is 0 Å². The van der Waals surface area contributed by atoms with E-state index in [1.807, 2.05) is 12.1 Å². The van der Waals surface area contributed by atoms with Gasteiger partial charge in [0.2, 0.25) is 0 Å². The van der Waals surface area contributed by atoms with E-state index in [1.54, 1.807) is 12.1 Å². The SMILES string of the molecule is CC(C)(C)c1ccc(C(=O)OOC(=O)c2ccc(C(C)(C)C)s2)s1. The first-order chi connectivity index (χ1) is 11.0. The van der Waals surface area contributed by atoms with Crippen molar-refractivity contribution >= 4 is 34.6 Å². The van der Waals surface area contributed by atoms with E-state index in [2.05, 4.69) is 41.5 Å². The normalized spacial score (nSPS) is 12.1. The number of carbonyl (C=O) groups is 2. The van der Waals surface area contributed by atoms with E-state index in [4.69, 9.17) is 9.78 Å². The molecule has 0 saturated carbocycles. The first-order valence-corrected chi connectivity index (χ1v) is 9.25. The second kappa shape index (κ2) is 6.69. The highest BCUT2D eigenvalue weighted by atomic mass is 32.1. The molecule has 4 nitrogen and oxygen atoms in total. The zero-order chi connectivity index (χ0) is 18.1. The summed E-state index contributed by atoms with van der Waals surface area (Å²) in [5.74, 6) is -1.31. The molecule has 0 N–H and O–H groups in total. The van der Waals surface area contributed by atoms with Crippen LogP contribution in [0.4, 0.5) is 0 Å². The molecule has 0 spiro atoms. The number of hydrogen-bond donors (Lipinski definition) is 0. The highest BCUT2D eigenvalue weighted by Gasteiger charge is 2.23. The predicted molar refractivity (Wildman–Crippen MR) is 96.9 cm³/mol. The van der Waals surface area contributed by atoms with E-state index in [9.17, 15) is 9.59 Å². The van der Waals surface area contributed by atoms with Gasteiger partial charge in [-0.15, -0.1) is 22.7 Å². The molecule has 2 rings (SSSR count). The van der Waals surface area contributed by atoms with Crippen molar-refractivity contribution in [2.75, 3.05) is 0 Å². The quantitative estimate of drug-likeness (QED) is 0.532. The lowest BCUT2D eigenvalue weighted by Gasteiger charge is -2.15. The van der Waals surface area contributed by atoms with E-state index in [1.165, 1.54) is 22.7 Å². The van der Waals surface area contributed by atoms with Gasteiger partial charge in [-0.2, -0.15) is 0 Å². The Kier molecular flexibility index (Phi) is 5.20. The Morgan fingerprint density at radius 1 is 0.708 bits per heavy atom. The minimum atomic E-state index is -0.656. The fourth-order valence-electron chi connectivity index (χ4n) is 1.86. The minimum absolute atomic E-state index is 0.0415. The van der Waals surface area contributed by atoms with E-state index in [0.29, 0.717) is 9.75 Å². The Hall–Kier alpha value is -1.66. The molecule has 0 aliphatic rings. The van der Waals surface area contributed by atoms with E-state index >= 15 is 0 Å². The van der Waals surface area contributed by atoms with Crippen molar-refractivity contribution in [3.8, 4) is 0 Å². The molecular formula is C18H22O4S2. The van der Waals surface area contributed by atoms with Gasteiger partial charge in [0.15, 0.2) is 0 Å². The summed E-state index contributed by atoms with van der Waals surface area (Å²) < 4.78 is 0. The largest absolute Gasteiger partial charge is 0.396 e. The van der Waals surface area contributed by atoms with E-state index < -0.39 is 11.9 Å². The summed E-state index contributed by atoms with van der Waals surface area (Å²) in [5.41, 5.74) is -0.0829. The molecule has 24 heavy (non-hydrogen) atoms. The fourth-order valence-corrected chi connectivity index (χ4v) is 3.72. The van der Waals surface area contributed by atoms with Crippen LogP contribution < -0.4 is 0 Å². The standard InChI is InChI=1S/C18H22O4S2/c1-17(2,3)13-9-7-11(23-13)15(19)21-22-16(20)12-8-10-14(24-12)18(4,5)6/h7-10H,1-6H3. The molecule has 0 atom stereocenters. The molecule has 0 saturated heterocycles. The predicted octanol–water partition coefficient (Wildman–Crippen LogP) is 5.33. The molecule has 2 aromatic heterocycles. The van der Waals surface area contributed by atoms with Crippen LogP contribution in [0.15, 0.2) is 24.3 Å². The lowest BCUT2D eigenvalue weighted by Crippen LogP contribution is -2.10. The van der Waals surface area contributed by atoms with Gasteiger partial charge in [-0.25, -0.2) is 19.4 Å². The topological polar surface area (TPSA) is 52.6 Å². The fraction of sp³-hybridized carbons (Fsp3) is 0.444. The van der Waals surface area contributed by atoms with Gasteiger partial charge < -0.3 is 0 Å². The number of hydrogen-bond acceptors (Lipinski definition) is 6. The summed E-state index contributed by atoms with van der Waals surface area (Å²) in [6, 6.07) is 7.14. The van der Waals surface area contributed by atoms with Crippen molar-refractivity contribution in [1.29, 1.82) is 0 Å². The maximum atomic E-state index is 12.0. The summed E-state index contributed by atoms with van der Waals surface area (Å²) in [4.78, 5) is 36.3. The van der Waals surface area contributed by atoms with Crippen molar-refractivity contribution < 1.29 is 19.4 Å². The molecular weight excluding hydrogens is 344 g/mol. The van der Waals surface area contributed by atoms with Crippen molar-refractivity contribution in [2.24, 2.45) is 0 Å². The number of carbonyl (C=O) groups excluding carboxylic acids is 2. The third-order valence-electron chi connectivity index (χ3n) is 3.29. The van der Waals surface area contributed by atoms with Gasteiger partial charge >= 0.3 is 11.9 Å². The first-order valence-electron chi connectivity index (χ1n) is 7.62. The Labute approximate surface area is 150 Å². The van der Waals surface area contributed by atoms with Crippen LogP contribution in [0.1, 0.15) is 70.6 Å². The van der Waals surface area contributed by atoms with Crippen LogP contribution >= 0.6 is 22.7 Å². The van der Waals surface area contributed by atoms with Crippen LogP contribution in [0, 0.1) is 0 Å². The Morgan fingerprint density at radius 3 is 1.29 bits per heavy atom. The van der Waals surface area contributed by atoms with E-state index in [-0.39, 0.29) is 10.8 Å². The average Bonchev–Trinajstić information content (AvgIpc) is 3.11. The van der Waals surface area contributed by atoms with Gasteiger partial charge in [0.1, 0.15) is 9.75 Å². The maximum absolute atomic E-state index is 12.0. The molecule has 0 fully saturated rings. The molecule has 0 bridgehead atoms. The zero-order valence-corrected chi connectivity index (χ0v) is 16.4. The monoisotopic (exact) mass is 366 g/mol. The third-order valence-corrected chi connectivity index (χ3v) is 6.27. The van der Waals surface area contributed by atoms with Gasteiger partial charge in [0.25, 0.3) is 0 Å². The number of thiophene rings is 2. The summed E-state index contributed by atoms with van der Waals surface area (Å²) in [5, 5.41) is 0. The van der Waals surface area contributed by atoms with Crippen molar-refractivity contribution in [1.82, 2.24) is 0 Å². The lowest BCUT2D eigenvalue weighted by atomic mass is 9.95. The van der Waals surface area contributed by atoms with Crippen LogP contribution in [-0.4, -0.2) is 11.9 Å². The van der Waals surface area contributed by atoms with Crippen molar-refractivity contribution in [3.05, 3.63) is 43.8 Å². The van der Waals surface area contributed by atoms with Crippen LogP contribution in [0.3, 0.4) is 0 Å². The molecule has 0 unspecified atom stereocenters. The van der Waals surface area contributed by atoms with Gasteiger partial charge in [-0.05, 0) is 35.1 Å². The maximum Gasteiger partial charge on any atom is 0.396 e.